The van der Waals surface area contributed by atoms with Gasteiger partial charge in [0.05, 0.1) is 0 Å². The molecule has 0 saturated heterocycles. The highest BCUT2D eigenvalue weighted by Crippen LogP contribution is 2.25. The van der Waals surface area contributed by atoms with Crippen LogP contribution < -0.4 is 4.90 Å². The number of carbonyl (C=O) groups is 1. The lowest BCUT2D eigenvalue weighted by molar-refractivity contribution is -0.137. The van der Waals surface area contributed by atoms with Gasteiger partial charge in [0.2, 0.25) is 0 Å². The van der Waals surface area contributed by atoms with Crippen LogP contribution in [0.2, 0.25) is 0 Å². The van der Waals surface area contributed by atoms with E-state index in [1.54, 1.807) is 0 Å². The van der Waals surface area contributed by atoms with Gasteiger partial charge in [-0.15, -0.1) is 0 Å². The first-order valence-corrected chi connectivity index (χ1v) is 6.84. The monoisotopic (exact) mass is 263 g/mol. The normalized spacial score (nSPS) is 12.5. The third-order valence-corrected chi connectivity index (χ3v) is 3.42. The fourth-order valence-corrected chi connectivity index (χ4v) is 2.33. The van der Waals surface area contributed by atoms with Crippen LogP contribution in [0.5, 0.6) is 0 Å². The molecule has 1 N–H and O–H groups in total. The second kappa shape index (κ2) is 6.60. The first kappa shape index (κ1) is 15.5. The molecular weight excluding hydrogens is 238 g/mol. The quantitative estimate of drug-likeness (QED) is 0.851. The summed E-state index contributed by atoms with van der Waals surface area (Å²) in [6.07, 6.45) is 0.216. The molecule has 1 unspecified atom stereocenters. The van der Waals surface area contributed by atoms with Gasteiger partial charge < -0.3 is 10.0 Å². The van der Waals surface area contributed by atoms with Gasteiger partial charge in [-0.05, 0) is 36.0 Å². The maximum Gasteiger partial charge on any atom is 0.303 e. The molecule has 3 heteroatoms. The number of carboxylic acid groups (broad SMARTS) is 1. The lowest BCUT2D eigenvalue weighted by Gasteiger charge is -2.25. The zero-order valence-corrected chi connectivity index (χ0v) is 12.6. The molecule has 0 aliphatic rings. The maximum atomic E-state index is 10.7. The Labute approximate surface area is 116 Å². The molecule has 0 heterocycles. The van der Waals surface area contributed by atoms with E-state index in [2.05, 4.69) is 43.9 Å². The largest absolute Gasteiger partial charge is 0.481 e. The molecule has 0 saturated carbocycles. The number of rotatable bonds is 6. The van der Waals surface area contributed by atoms with E-state index in [0.717, 1.165) is 6.54 Å². The molecule has 1 rings (SSSR count). The summed E-state index contributed by atoms with van der Waals surface area (Å²) in [5.41, 5.74) is 3.75. The Kier molecular flexibility index (Phi) is 5.40. The zero-order valence-electron chi connectivity index (χ0n) is 12.6. The SMILES string of the molecule is Cc1ccc(C(C)C)cc1N(C)CC(C)CC(=O)O. The van der Waals surface area contributed by atoms with Crippen LogP contribution in [0, 0.1) is 12.8 Å². The van der Waals surface area contributed by atoms with Crippen LogP contribution in [0.15, 0.2) is 18.2 Å². The first-order valence-electron chi connectivity index (χ1n) is 6.84. The van der Waals surface area contributed by atoms with E-state index < -0.39 is 5.97 Å². The molecule has 19 heavy (non-hydrogen) atoms. The van der Waals surface area contributed by atoms with E-state index in [4.69, 9.17) is 5.11 Å². The van der Waals surface area contributed by atoms with Gasteiger partial charge in [0.1, 0.15) is 0 Å². The van der Waals surface area contributed by atoms with Crippen molar-refractivity contribution >= 4 is 11.7 Å². The van der Waals surface area contributed by atoms with Crippen molar-refractivity contribution in [3.63, 3.8) is 0 Å². The molecule has 0 amide bonds. The summed E-state index contributed by atoms with van der Waals surface area (Å²) in [4.78, 5) is 12.9. The fourth-order valence-electron chi connectivity index (χ4n) is 2.33. The molecule has 1 aromatic rings. The molecule has 0 aliphatic heterocycles. The molecule has 0 spiro atoms. The van der Waals surface area contributed by atoms with Gasteiger partial charge in [0, 0.05) is 25.7 Å². The third-order valence-electron chi connectivity index (χ3n) is 3.42. The van der Waals surface area contributed by atoms with Crippen molar-refractivity contribution in [2.75, 3.05) is 18.5 Å². The fraction of sp³-hybridized carbons (Fsp3) is 0.562. The Morgan fingerprint density at radius 1 is 1.32 bits per heavy atom. The zero-order chi connectivity index (χ0) is 14.6. The number of anilines is 1. The van der Waals surface area contributed by atoms with E-state index in [0.29, 0.717) is 5.92 Å². The lowest BCUT2D eigenvalue weighted by Crippen LogP contribution is -2.26. The first-order chi connectivity index (χ1) is 8.81. The summed E-state index contributed by atoms with van der Waals surface area (Å²) in [6, 6.07) is 6.52. The predicted octanol–water partition coefficient (Wildman–Crippen LogP) is 3.67. The van der Waals surface area contributed by atoms with Crippen LogP contribution in [-0.2, 0) is 4.79 Å². The van der Waals surface area contributed by atoms with E-state index in [1.807, 2.05) is 14.0 Å². The second-order valence-corrected chi connectivity index (χ2v) is 5.78. The Hall–Kier alpha value is -1.51. The van der Waals surface area contributed by atoms with Gasteiger partial charge in [-0.1, -0.05) is 32.9 Å². The highest BCUT2D eigenvalue weighted by molar-refractivity contribution is 5.67. The Morgan fingerprint density at radius 2 is 1.95 bits per heavy atom. The van der Waals surface area contributed by atoms with E-state index in [9.17, 15) is 4.79 Å². The van der Waals surface area contributed by atoms with Crippen molar-refractivity contribution in [2.45, 2.75) is 40.0 Å². The van der Waals surface area contributed by atoms with Gasteiger partial charge in [0.15, 0.2) is 0 Å². The molecule has 0 fully saturated rings. The molecule has 0 bridgehead atoms. The number of nitrogens with zero attached hydrogens (tertiary/aromatic N) is 1. The Morgan fingerprint density at radius 3 is 2.47 bits per heavy atom. The minimum absolute atomic E-state index is 0.143. The molecule has 1 aromatic carbocycles. The highest BCUT2D eigenvalue weighted by Gasteiger charge is 2.13. The van der Waals surface area contributed by atoms with Crippen LogP contribution in [-0.4, -0.2) is 24.7 Å². The lowest BCUT2D eigenvalue weighted by atomic mass is 9.99. The average Bonchev–Trinajstić information content (AvgIpc) is 2.27. The van der Waals surface area contributed by atoms with Gasteiger partial charge in [-0.25, -0.2) is 0 Å². The van der Waals surface area contributed by atoms with Crippen molar-refractivity contribution in [1.29, 1.82) is 0 Å². The summed E-state index contributed by atoms with van der Waals surface area (Å²) in [5.74, 6) is -0.0812. The van der Waals surface area contributed by atoms with Gasteiger partial charge >= 0.3 is 5.97 Å². The van der Waals surface area contributed by atoms with Crippen LogP contribution in [0.4, 0.5) is 5.69 Å². The Balaban J connectivity index is 2.83. The number of carboxylic acids is 1. The molecule has 0 aliphatic carbocycles. The van der Waals surface area contributed by atoms with Crippen LogP contribution >= 0.6 is 0 Å². The molecular formula is C16H25NO2. The van der Waals surface area contributed by atoms with Gasteiger partial charge in [-0.3, -0.25) is 4.79 Å². The number of hydrogen-bond donors (Lipinski definition) is 1. The standard InChI is InChI=1S/C16H25NO2/c1-11(2)14-7-6-13(4)15(9-14)17(5)10-12(3)8-16(18)19/h6-7,9,11-12H,8,10H2,1-5H3,(H,18,19). The summed E-state index contributed by atoms with van der Waals surface area (Å²) in [5, 5.41) is 8.82. The van der Waals surface area contributed by atoms with E-state index in [1.165, 1.54) is 16.8 Å². The molecule has 0 aromatic heterocycles. The number of benzene rings is 1. The summed E-state index contributed by atoms with van der Waals surface area (Å²) in [6.45, 7) is 9.20. The molecule has 3 nitrogen and oxygen atoms in total. The van der Waals surface area contributed by atoms with Crippen molar-refractivity contribution in [3.05, 3.63) is 29.3 Å². The van der Waals surface area contributed by atoms with Gasteiger partial charge in [-0.2, -0.15) is 0 Å². The topological polar surface area (TPSA) is 40.5 Å². The van der Waals surface area contributed by atoms with Crippen molar-refractivity contribution < 1.29 is 9.90 Å². The molecule has 1 atom stereocenters. The van der Waals surface area contributed by atoms with Gasteiger partial charge in [0.25, 0.3) is 0 Å². The summed E-state index contributed by atoms with van der Waals surface area (Å²) in [7, 11) is 2.03. The minimum Gasteiger partial charge on any atom is -0.481 e. The van der Waals surface area contributed by atoms with E-state index >= 15 is 0 Å². The molecule has 106 valence electrons. The second-order valence-electron chi connectivity index (χ2n) is 5.78. The number of aliphatic carboxylic acids is 1. The maximum absolute atomic E-state index is 10.7. The van der Waals surface area contributed by atoms with E-state index in [-0.39, 0.29) is 12.3 Å². The van der Waals surface area contributed by atoms with Crippen LogP contribution in [0.1, 0.15) is 44.2 Å². The number of aryl methyl sites for hydroxylation is 1. The summed E-state index contributed by atoms with van der Waals surface area (Å²) >= 11 is 0. The highest BCUT2D eigenvalue weighted by atomic mass is 16.4. The van der Waals surface area contributed by atoms with Crippen LogP contribution in [0.3, 0.4) is 0 Å². The average molecular weight is 263 g/mol. The smallest absolute Gasteiger partial charge is 0.303 e. The predicted molar refractivity (Wildman–Crippen MR) is 80.0 cm³/mol. The van der Waals surface area contributed by atoms with Crippen molar-refractivity contribution in [1.82, 2.24) is 0 Å². The van der Waals surface area contributed by atoms with Crippen molar-refractivity contribution in [2.24, 2.45) is 5.92 Å². The summed E-state index contributed by atoms with van der Waals surface area (Å²) < 4.78 is 0. The minimum atomic E-state index is -0.728. The third kappa shape index (κ3) is 4.58. The molecule has 0 radical (unpaired) electrons. The Bertz CT molecular complexity index is 440. The van der Waals surface area contributed by atoms with Crippen LogP contribution in [0.25, 0.3) is 0 Å². The van der Waals surface area contributed by atoms with Crippen molar-refractivity contribution in [3.8, 4) is 0 Å². The number of hydrogen-bond acceptors (Lipinski definition) is 2.